The molecule has 1 aliphatic rings. The summed E-state index contributed by atoms with van der Waals surface area (Å²) in [5.74, 6) is -0.203. The molecule has 0 bridgehead atoms. The van der Waals surface area contributed by atoms with Crippen LogP contribution in [0.5, 0.6) is 5.75 Å². The van der Waals surface area contributed by atoms with Crippen LogP contribution in [-0.4, -0.2) is 57.8 Å². The first-order chi connectivity index (χ1) is 10.2. The fourth-order valence-electron chi connectivity index (χ4n) is 3.02. The van der Waals surface area contributed by atoms with Crippen LogP contribution >= 0.6 is 0 Å². The monoisotopic (exact) mass is 309 g/mol. The van der Waals surface area contributed by atoms with Gasteiger partial charge in [0.05, 0.1) is 12.3 Å². The molecule has 0 aromatic carbocycles. The number of rotatable bonds is 3. The van der Waals surface area contributed by atoms with Crippen LogP contribution in [0, 0.1) is 0 Å². The lowest BCUT2D eigenvalue weighted by atomic mass is 10.0. The van der Waals surface area contributed by atoms with Gasteiger partial charge in [0.2, 0.25) is 5.43 Å². The van der Waals surface area contributed by atoms with Gasteiger partial charge in [0, 0.05) is 50.0 Å². The van der Waals surface area contributed by atoms with E-state index in [1.807, 2.05) is 25.3 Å². The Labute approximate surface area is 131 Å². The molecule has 6 nitrogen and oxygen atoms in total. The molecule has 1 aromatic heterocycles. The van der Waals surface area contributed by atoms with Gasteiger partial charge in [-0.2, -0.15) is 0 Å². The molecule has 0 aliphatic carbocycles. The SMILES string of the molecule is CN1CCN(Cc2c(O)c(=O)cc(CO)n2C(C)(C)C)CC1. The minimum absolute atomic E-state index is 0.203. The second kappa shape index (κ2) is 6.40. The highest BCUT2D eigenvalue weighted by atomic mass is 16.3. The number of nitrogens with zero attached hydrogens (tertiary/aromatic N) is 3. The Balaban J connectivity index is 2.44. The Morgan fingerprint density at radius 2 is 1.77 bits per heavy atom. The Morgan fingerprint density at radius 3 is 2.27 bits per heavy atom. The number of aromatic hydroxyl groups is 1. The molecule has 0 radical (unpaired) electrons. The zero-order valence-electron chi connectivity index (χ0n) is 14.0. The summed E-state index contributed by atoms with van der Waals surface area (Å²) in [7, 11) is 2.09. The molecule has 1 aromatic rings. The highest BCUT2D eigenvalue weighted by Crippen LogP contribution is 2.25. The lowest BCUT2D eigenvalue weighted by Crippen LogP contribution is -2.45. The van der Waals surface area contributed by atoms with Gasteiger partial charge >= 0.3 is 0 Å². The summed E-state index contributed by atoms with van der Waals surface area (Å²) in [5, 5.41) is 19.9. The van der Waals surface area contributed by atoms with Gasteiger partial charge in [0.15, 0.2) is 5.75 Å². The number of aromatic nitrogens is 1. The number of aliphatic hydroxyl groups excluding tert-OH is 1. The fraction of sp³-hybridized carbons (Fsp3) is 0.688. The molecule has 2 N–H and O–H groups in total. The first kappa shape index (κ1) is 17.0. The van der Waals surface area contributed by atoms with Crippen molar-refractivity contribution in [3.05, 3.63) is 27.7 Å². The van der Waals surface area contributed by atoms with Crippen LogP contribution in [0.25, 0.3) is 0 Å². The van der Waals surface area contributed by atoms with Gasteiger partial charge in [0.25, 0.3) is 0 Å². The second-order valence-electron chi connectivity index (χ2n) is 7.04. The summed E-state index contributed by atoms with van der Waals surface area (Å²) < 4.78 is 1.89. The summed E-state index contributed by atoms with van der Waals surface area (Å²) in [5.41, 5.74) is 0.382. The summed E-state index contributed by atoms with van der Waals surface area (Å²) in [4.78, 5) is 16.5. The smallest absolute Gasteiger partial charge is 0.223 e. The Morgan fingerprint density at radius 1 is 1.18 bits per heavy atom. The molecule has 2 rings (SSSR count). The topological polar surface area (TPSA) is 68.9 Å². The minimum Gasteiger partial charge on any atom is -0.503 e. The molecule has 1 aliphatic heterocycles. The maximum atomic E-state index is 12.0. The average molecular weight is 309 g/mol. The number of piperazine rings is 1. The molecule has 124 valence electrons. The van der Waals surface area contributed by atoms with Crippen LogP contribution in [0.1, 0.15) is 32.2 Å². The van der Waals surface area contributed by atoms with E-state index >= 15 is 0 Å². The zero-order valence-corrected chi connectivity index (χ0v) is 14.0. The number of hydrogen-bond acceptors (Lipinski definition) is 5. The van der Waals surface area contributed by atoms with E-state index in [1.165, 1.54) is 6.07 Å². The molecular formula is C16H27N3O3. The van der Waals surface area contributed by atoms with Crippen molar-refractivity contribution in [2.75, 3.05) is 33.2 Å². The Bertz CT molecular complexity index is 582. The lowest BCUT2D eigenvalue weighted by molar-refractivity contribution is 0.140. The van der Waals surface area contributed by atoms with Crippen molar-refractivity contribution in [1.29, 1.82) is 0 Å². The molecule has 0 unspecified atom stereocenters. The maximum Gasteiger partial charge on any atom is 0.223 e. The largest absolute Gasteiger partial charge is 0.503 e. The molecule has 0 saturated carbocycles. The van der Waals surface area contributed by atoms with Crippen molar-refractivity contribution in [1.82, 2.24) is 14.4 Å². The molecule has 6 heteroatoms. The first-order valence-corrected chi connectivity index (χ1v) is 7.73. The van der Waals surface area contributed by atoms with Gasteiger partial charge in [-0.25, -0.2) is 0 Å². The number of pyridine rings is 1. The van der Waals surface area contributed by atoms with E-state index in [4.69, 9.17) is 0 Å². The van der Waals surface area contributed by atoms with E-state index in [1.54, 1.807) is 0 Å². The second-order valence-corrected chi connectivity index (χ2v) is 7.04. The van der Waals surface area contributed by atoms with Gasteiger partial charge < -0.3 is 19.7 Å². The van der Waals surface area contributed by atoms with Crippen molar-refractivity contribution < 1.29 is 10.2 Å². The first-order valence-electron chi connectivity index (χ1n) is 7.73. The molecule has 0 spiro atoms. The molecule has 0 amide bonds. The van der Waals surface area contributed by atoms with Crippen LogP contribution in [0.2, 0.25) is 0 Å². The molecule has 1 fully saturated rings. The van der Waals surface area contributed by atoms with E-state index in [9.17, 15) is 15.0 Å². The van der Waals surface area contributed by atoms with Crippen LogP contribution in [0.15, 0.2) is 10.9 Å². The van der Waals surface area contributed by atoms with Crippen molar-refractivity contribution in [3.8, 4) is 5.75 Å². The minimum atomic E-state index is -0.423. The van der Waals surface area contributed by atoms with Crippen LogP contribution in [-0.2, 0) is 18.7 Å². The fourth-order valence-corrected chi connectivity index (χ4v) is 3.02. The molecule has 1 saturated heterocycles. The van der Waals surface area contributed by atoms with Gasteiger partial charge in [-0.1, -0.05) is 0 Å². The quantitative estimate of drug-likeness (QED) is 0.853. The predicted octanol–water partition coefficient (Wildman–Crippen LogP) is 0.549. The third-order valence-electron chi connectivity index (χ3n) is 4.16. The predicted molar refractivity (Wildman–Crippen MR) is 86.1 cm³/mol. The number of likely N-dealkylation sites (N-methyl/N-ethyl adjacent to an activating group) is 1. The van der Waals surface area contributed by atoms with Gasteiger partial charge in [-0.05, 0) is 27.8 Å². The standard InChI is InChI=1S/C16H27N3O3/c1-16(2,3)19-12(11-20)9-14(21)15(22)13(19)10-18-7-5-17(4)6-8-18/h9,20,22H,5-8,10-11H2,1-4H3. The Kier molecular flexibility index (Phi) is 4.94. The highest BCUT2D eigenvalue weighted by molar-refractivity contribution is 5.31. The van der Waals surface area contributed by atoms with E-state index in [0.717, 1.165) is 26.2 Å². The van der Waals surface area contributed by atoms with E-state index in [-0.39, 0.29) is 17.9 Å². The van der Waals surface area contributed by atoms with Crippen LogP contribution < -0.4 is 5.43 Å². The van der Waals surface area contributed by atoms with Gasteiger partial charge in [-0.15, -0.1) is 0 Å². The third-order valence-corrected chi connectivity index (χ3v) is 4.16. The third kappa shape index (κ3) is 3.51. The molecule has 0 atom stereocenters. The molecule has 2 heterocycles. The van der Waals surface area contributed by atoms with Gasteiger partial charge in [-0.3, -0.25) is 9.69 Å². The van der Waals surface area contributed by atoms with Crippen molar-refractivity contribution >= 4 is 0 Å². The van der Waals surface area contributed by atoms with E-state index < -0.39 is 5.43 Å². The number of hydrogen-bond donors (Lipinski definition) is 2. The summed E-state index contributed by atoms with van der Waals surface area (Å²) in [6.45, 7) is 10.1. The van der Waals surface area contributed by atoms with E-state index in [2.05, 4.69) is 16.8 Å². The summed E-state index contributed by atoms with van der Waals surface area (Å²) >= 11 is 0. The lowest BCUT2D eigenvalue weighted by Gasteiger charge is -2.36. The van der Waals surface area contributed by atoms with E-state index in [0.29, 0.717) is 17.9 Å². The van der Waals surface area contributed by atoms with Crippen LogP contribution in [0.3, 0.4) is 0 Å². The summed E-state index contributed by atoms with van der Waals surface area (Å²) in [6.07, 6.45) is 0. The van der Waals surface area contributed by atoms with Crippen molar-refractivity contribution in [3.63, 3.8) is 0 Å². The highest BCUT2D eigenvalue weighted by Gasteiger charge is 2.25. The zero-order chi connectivity index (χ0) is 16.5. The van der Waals surface area contributed by atoms with Gasteiger partial charge in [0.1, 0.15) is 0 Å². The average Bonchev–Trinajstić information content (AvgIpc) is 2.44. The molecule has 22 heavy (non-hydrogen) atoms. The maximum absolute atomic E-state index is 12.0. The molecular weight excluding hydrogens is 282 g/mol. The number of aliphatic hydroxyl groups is 1. The Hall–Kier alpha value is -1.37. The van der Waals surface area contributed by atoms with Crippen molar-refractivity contribution in [2.24, 2.45) is 0 Å². The summed E-state index contributed by atoms with van der Waals surface area (Å²) in [6, 6.07) is 1.33. The normalized spacial score (nSPS) is 17.9. The van der Waals surface area contributed by atoms with Crippen LogP contribution in [0.4, 0.5) is 0 Å². The van der Waals surface area contributed by atoms with Crippen molar-refractivity contribution in [2.45, 2.75) is 39.5 Å².